The number of phenolic OH excluding ortho intramolecular Hbond substituents is 1. The highest BCUT2D eigenvalue weighted by molar-refractivity contribution is 5.86. The molecule has 0 heterocycles. The first-order chi connectivity index (χ1) is 14.4. The Hall–Kier alpha value is -2.81. The summed E-state index contributed by atoms with van der Waals surface area (Å²) >= 11 is 0. The van der Waals surface area contributed by atoms with Gasteiger partial charge in [-0.05, 0) is 89.8 Å². The molecular formula is C27H30O3. The molecule has 3 heteroatoms. The fraction of sp³-hybridized carbons (Fsp3) is 0.370. The molecule has 4 rings (SSSR count). The molecule has 2 aliphatic rings. The minimum Gasteiger partial charge on any atom is -0.508 e. The molecule has 4 atom stereocenters. The lowest BCUT2D eigenvalue weighted by molar-refractivity contribution is -0.131. The van der Waals surface area contributed by atoms with Crippen LogP contribution in [0.15, 0.2) is 60.2 Å². The maximum atomic E-state index is 10.8. The molecule has 30 heavy (non-hydrogen) atoms. The molecule has 2 fully saturated rings. The number of fused-ring (bicyclic) bond motifs is 2. The van der Waals surface area contributed by atoms with Crippen molar-refractivity contribution < 1.29 is 15.0 Å². The van der Waals surface area contributed by atoms with Gasteiger partial charge in [0.2, 0.25) is 0 Å². The average molecular weight is 403 g/mol. The smallest absolute Gasteiger partial charge is 0.328 e. The topological polar surface area (TPSA) is 57.5 Å². The summed E-state index contributed by atoms with van der Waals surface area (Å²) in [5, 5.41) is 18.7. The molecule has 0 radical (unpaired) electrons. The van der Waals surface area contributed by atoms with Crippen LogP contribution in [0.4, 0.5) is 0 Å². The Bertz CT molecular complexity index is 962. The molecule has 2 aromatic rings. The molecule has 0 aliphatic heterocycles. The number of carboxylic acids is 1. The minimum absolute atomic E-state index is 0.278. The highest BCUT2D eigenvalue weighted by Gasteiger charge is 2.38. The number of benzene rings is 2. The van der Waals surface area contributed by atoms with E-state index < -0.39 is 5.97 Å². The van der Waals surface area contributed by atoms with Gasteiger partial charge in [0.25, 0.3) is 0 Å². The average Bonchev–Trinajstić information content (AvgIpc) is 2.70. The molecule has 0 saturated heterocycles. The number of hydrogen-bond donors (Lipinski definition) is 2. The first-order valence-electron chi connectivity index (χ1n) is 11.0. The Morgan fingerprint density at radius 2 is 1.53 bits per heavy atom. The summed E-state index contributed by atoms with van der Waals surface area (Å²) in [6.45, 7) is 4.76. The van der Waals surface area contributed by atoms with Crippen LogP contribution < -0.4 is 0 Å². The Morgan fingerprint density at radius 1 is 0.900 bits per heavy atom. The van der Waals surface area contributed by atoms with Crippen molar-refractivity contribution in [1.29, 1.82) is 0 Å². The molecule has 3 nitrogen and oxygen atoms in total. The Morgan fingerprint density at radius 3 is 2.17 bits per heavy atom. The fourth-order valence-corrected chi connectivity index (χ4v) is 5.73. The Labute approximate surface area is 178 Å². The lowest BCUT2D eigenvalue weighted by Crippen LogP contribution is -2.32. The summed E-state index contributed by atoms with van der Waals surface area (Å²) in [7, 11) is 0. The van der Waals surface area contributed by atoms with Crippen molar-refractivity contribution in [2.45, 2.75) is 39.5 Å². The van der Waals surface area contributed by atoms with Gasteiger partial charge in [-0.2, -0.15) is 0 Å². The van der Waals surface area contributed by atoms with E-state index in [1.807, 2.05) is 24.3 Å². The first kappa shape index (κ1) is 20.5. The number of phenols is 1. The van der Waals surface area contributed by atoms with Crippen LogP contribution in [0.1, 0.15) is 56.2 Å². The summed E-state index contributed by atoms with van der Waals surface area (Å²) in [5.74, 6) is 2.08. The van der Waals surface area contributed by atoms with Gasteiger partial charge in [0.05, 0.1) is 0 Å². The molecule has 2 N–H and O–H groups in total. The van der Waals surface area contributed by atoms with E-state index in [1.165, 1.54) is 37.3 Å². The van der Waals surface area contributed by atoms with Crippen molar-refractivity contribution in [1.82, 2.24) is 0 Å². The predicted molar refractivity (Wildman–Crippen MR) is 121 cm³/mol. The van der Waals surface area contributed by atoms with Crippen LogP contribution >= 0.6 is 0 Å². The molecule has 2 aromatic carbocycles. The molecule has 156 valence electrons. The van der Waals surface area contributed by atoms with Crippen molar-refractivity contribution in [3.05, 3.63) is 76.9 Å². The van der Waals surface area contributed by atoms with Gasteiger partial charge in [-0.25, -0.2) is 4.79 Å². The molecule has 2 aliphatic carbocycles. The minimum atomic E-state index is -0.942. The summed E-state index contributed by atoms with van der Waals surface area (Å²) in [6.07, 6.45) is 7.92. The van der Waals surface area contributed by atoms with Gasteiger partial charge in [0.15, 0.2) is 0 Å². The highest BCUT2D eigenvalue weighted by Crippen LogP contribution is 2.51. The summed E-state index contributed by atoms with van der Waals surface area (Å²) < 4.78 is 0. The first-order valence-corrected chi connectivity index (χ1v) is 11.0. The highest BCUT2D eigenvalue weighted by atomic mass is 16.4. The van der Waals surface area contributed by atoms with Gasteiger partial charge in [0, 0.05) is 6.08 Å². The van der Waals surface area contributed by atoms with Crippen molar-refractivity contribution in [2.75, 3.05) is 0 Å². The summed E-state index contributed by atoms with van der Waals surface area (Å²) in [5.41, 5.74) is 6.01. The van der Waals surface area contributed by atoms with Crippen LogP contribution in [0.2, 0.25) is 0 Å². The quantitative estimate of drug-likeness (QED) is 0.583. The van der Waals surface area contributed by atoms with Gasteiger partial charge < -0.3 is 10.2 Å². The zero-order chi connectivity index (χ0) is 21.3. The number of carbonyl (C=O) groups is 1. The second-order valence-electron chi connectivity index (χ2n) is 9.18. The molecular weight excluding hydrogens is 372 g/mol. The Balaban J connectivity index is 1.82. The largest absolute Gasteiger partial charge is 0.508 e. The third-order valence-corrected chi connectivity index (χ3v) is 6.76. The molecule has 0 aromatic heterocycles. The zero-order valence-electron chi connectivity index (χ0n) is 17.7. The lowest BCUT2D eigenvalue weighted by atomic mass is 9.61. The van der Waals surface area contributed by atoms with Gasteiger partial charge >= 0.3 is 5.97 Å². The van der Waals surface area contributed by atoms with E-state index in [1.54, 1.807) is 23.8 Å². The summed E-state index contributed by atoms with van der Waals surface area (Å²) in [6, 6.07) is 15.7. The molecule has 0 amide bonds. The van der Waals surface area contributed by atoms with E-state index >= 15 is 0 Å². The second kappa shape index (κ2) is 8.51. The van der Waals surface area contributed by atoms with Gasteiger partial charge in [-0.3, -0.25) is 0 Å². The normalized spacial score (nSPS) is 27.8. The molecule has 0 spiro atoms. The van der Waals surface area contributed by atoms with Crippen LogP contribution in [0.25, 0.3) is 11.6 Å². The predicted octanol–water partition coefficient (Wildman–Crippen LogP) is 6.38. The van der Waals surface area contributed by atoms with Crippen LogP contribution in [0, 0.1) is 23.7 Å². The third-order valence-electron chi connectivity index (χ3n) is 6.76. The molecule has 2 saturated carbocycles. The maximum absolute atomic E-state index is 10.8. The van der Waals surface area contributed by atoms with Crippen LogP contribution in [0.5, 0.6) is 5.75 Å². The van der Waals surface area contributed by atoms with E-state index in [9.17, 15) is 9.90 Å². The van der Waals surface area contributed by atoms with E-state index in [-0.39, 0.29) is 5.75 Å². The van der Waals surface area contributed by atoms with E-state index in [2.05, 4.69) is 26.0 Å². The molecule has 2 bridgehead atoms. The number of allylic oxidation sites excluding steroid dienone is 1. The molecule has 4 unspecified atom stereocenters. The monoisotopic (exact) mass is 402 g/mol. The van der Waals surface area contributed by atoms with Crippen LogP contribution in [-0.2, 0) is 4.79 Å². The lowest BCUT2D eigenvalue weighted by Gasteiger charge is -2.44. The van der Waals surface area contributed by atoms with E-state index in [4.69, 9.17) is 5.11 Å². The Kier molecular flexibility index (Phi) is 5.80. The van der Waals surface area contributed by atoms with Crippen LogP contribution in [-0.4, -0.2) is 16.2 Å². The number of hydrogen-bond acceptors (Lipinski definition) is 2. The number of rotatable bonds is 4. The van der Waals surface area contributed by atoms with E-state index in [0.29, 0.717) is 11.8 Å². The zero-order valence-corrected chi connectivity index (χ0v) is 17.7. The number of carboxylic acid groups (broad SMARTS) is 1. The number of aliphatic carboxylic acids is 1. The number of aromatic hydroxyl groups is 1. The van der Waals surface area contributed by atoms with Gasteiger partial charge in [-0.1, -0.05) is 55.8 Å². The van der Waals surface area contributed by atoms with Crippen LogP contribution in [0.3, 0.4) is 0 Å². The summed E-state index contributed by atoms with van der Waals surface area (Å²) in [4.78, 5) is 10.8. The standard InChI is InChI=1S/C27H30O3/c1-17-13-20-15-18(2)26(23(14-17)16-20)27(22-8-10-24(28)11-9-22)21-6-3-19(4-7-21)5-12-25(29)30/h3-12,17-18,20,23,28H,13-16H2,1-2H3,(H,29,30)/b12-5+,27-26-. The van der Waals surface area contributed by atoms with Gasteiger partial charge in [-0.15, -0.1) is 0 Å². The van der Waals surface area contributed by atoms with Crippen molar-refractivity contribution in [3.8, 4) is 5.75 Å². The maximum Gasteiger partial charge on any atom is 0.328 e. The SMILES string of the molecule is CC1CC2CC(C)/C(=C(/c3ccc(O)cc3)c3ccc(/C=C/C(=O)O)cc3)C(C1)C2. The third kappa shape index (κ3) is 4.35. The van der Waals surface area contributed by atoms with E-state index in [0.717, 1.165) is 28.5 Å². The second-order valence-corrected chi connectivity index (χ2v) is 9.18. The van der Waals surface area contributed by atoms with Gasteiger partial charge in [0.1, 0.15) is 5.75 Å². The van der Waals surface area contributed by atoms with Crippen molar-refractivity contribution in [2.24, 2.45) is 23.7 Å². The fourth-order valence-electron chi connectivity index (χ4n) is 5.73. The van der Waals surface area contributed by atoms with Crippen molar-refractivity contribution >= 4 is 17.6 Å². The van der Waals surface area contributed by atoms with Crippen molar-refractivity contribution in [3.63, 3.8) is 0 Å².